The summed E-state index contributed by atoms with van der Waals surface area (Å²) in [6.45, 7) is 3.13. The van der Waals surface area contributed by atoms with Gasteiger partial charge in [0.05, 0.1) is 40.3 Å². The lowest BCUT2D eigenvalue weighted by Crippen LogP contribution is -2.36. The molecule has 1 fully saturated rings. The van der Waals surface area contributed by atoms with E-state index in [9.17, 15) is 4.39 Å². The highest BCUT2D eigenvalue weighted by atomic mass is 32.1. The fourth-order valence-corrected chi connectivity index (χ4v) is 5.14. The van der Waals surface area contributed by atoms with E-state index in [-0.39, 0.29) is 5.82 Å². The minimum atomic E-state index is -0.306. The molecule has 6 nitrogen and oxygen atoms in total. The van der Waals surface area contributed by atoms with E-state index in [4.69, 9.17) is 4.74 Å². The largest absolute Gasteiger partial charge is 0.378 e. The van der Waals surface area contributed by atoms with E-state index in [1.165, 1.54) is 12.4 Å². The molecule has 0 saturated carbocycles. The fraction of sp³-hybridized carbons (Fsp3) is 0.200. The number of hydrogen-bond donors (Lipinski definition) is 0. The van der Waals surface area contributed by atoms with Crippen LogP contribution in [0, 0.1) is 5.82 Å². The van der Waals surface area contributed by atoms with Crippen molar-refractivity contribution in [2.24, 2.45) is 0 Å². The number of morpholine rings is 1. The normalized spacial score (nSPS) is 14.3. The van der Waals surface area contributed by atoms with E-state index in [1.807, 2.05) is 29.6 Å². The Morgan fingerprint density at radius 1 is 0.909 bits per heavy atom. The fourth-order valence-electron chi connectivity index (χ4n) is 4.30. The van der Waals surface area contributed by atoms with Crippen LogP contribution in [-0.2, 0) is 11.2 Å². The molecule has 4 heterocycles. The first kappa shape index (κ1) is 20.1. The number of aromatic nitrogens is 4. The number of nitrogens with zero attached hydrogens (tertiary/aromatic N) is 5. The number of ether oxygens (including phenoxy) is 1. The number of halogens is 1. The second-order valence-corrected chi connectivity index (χ2v) is 8.89. The highest BCUT2D eigenvalue weighted by Crippen LogP contribution is 2.32. The molecule has 164 valence electrons. The molecule has 8 heteroatoms. The second kappa shape index (κ2) is 8.46. The molecule has 1 aliphatic rings. The molecule has 6 rings (SSSR count). The van der Waals surface area contributed by atoms with E-state index < -0.39 is 0 Å². The summed E-state index contributed by atoms with van der Waals surface area (Å²) in [6, 6.07) is 13.3. The van der Waals surface area contributed by atoms with Gasteiger partial charge in [0.25, 0.3) is 0 Å². The summed E-state index contributed by atoms with van der Waals surface area (Å²) in [7, 11) is 0. The van der Waals surface area contributed by atoms with Gasteiger partial charge in [0, 0.05) is 36.1 Å². The molecule has 0 amide bonds. The van der Waals surface area contributed by atoms with Crippen molar-refractivity contribution in [2.75, 3.05) is 31.2 Å². The molecule has 0 N–H and O–H groups in total. The summed E-state index contributed by atoms with van der Waals surface area (Å²) in [5.74, 6) is -0.306. The van der Waals surface area contributed by atoms with E-state index in [0.717, 1.165) is 64.4 Å². The summed E-state index contributed by atoms with van der Waals surface area (Å²) in [5.41, 5.74) is 5.79. The van der Waals surface area contributed by atoms with Gasteiger partial charge in [-0.2, -0.15) is 0 Å². The van der Waals surface area contributed by atoms with Gasteiger partial charge in [-0.3, -0.25) is 0 Å². The first-order valence-electron chi connectivity index (χ1n) is 10.8. The molecule has 0 aliphatic carbocycles. The maximum atomic E-state index is 15.0. The third-order valence-corrected chi connectivity index (χ3v) is 6.92. The van der Waals surface area contributed by atoms with Crippen molar-refractivity contribution in [1.82, 2.24) is 19.9 Å². The van der Waals surface area contributed by atoms with E-state index in [2.05, 4.69) is 30.9 Å². The molecule has 3 aromatic heterocycles. The summed E-state index contributed by atoms with van der Waals surface area (Å²) in [5, 5.41) is 2.84. The molecular formula is C25H20FN5OS. The number of rotatable bonds is 4. The van der Waals surface area contributed by atoms with Gasteiger partial charge in [-0.25, -0.2) is 24.3 Å². The number of thiophene rings is 1. The first-order chi connectivity index (χ1) is 16.3. The molecule has 0 spiro atoms. The molecule has 1 saturated heterocycles. The van der Waals surface area contributed by atoms with Crippen LogP contribution < -0.4 is 4.90 Å². The van der Waals surface area contributed by atoms with Gasteiger partial charge in [0.1, 0.15) is 18.5 Å². The van der Waals surface area contributed by atoms with Gasteiger partial charge in [0.15, 0.2) is 0 Å². The smallest absolute Gasteiger partial charge is 0.132 e. The van der Waals surface area contributed by atoms with Crippen LogP contribution in [0.5, 0.6) is 0 Å². The number of hydrogen-bond acceptors (Lipinski definition) is 7. The van der Waals surface area contributed by atoms with Crippen LogP contribution in [0.25, 0.3) is 32.4 Å². The average Bonchev–Trinajstić information content (AvgIpc) is 3.35. The highest BCUT2D eigenvalue weighted by Gasteiger charge is 2.16. The molecular weight excluding hydrogens is 437 g/mol. The predicted molar refractivity (Wildman–Crippen MR) is 128 cm³/mol. The van der Waals surface area contributed by atoms with Crippen molar-refractivity contribution in [3.63, 3.8) is 0 Å². The zero-order valence-electron chi connectivity index (χ0n) is 17.7. The topological polar surface area (TPSA) is 64.0 Å². The van der Waals surface area contributed by atoms with Crippen LogP contribution in [0.2, 0.25) is 0 Å². The SMILES string of the molecule is Fc1ccc(Cc2ncnc3ccsc23)cc1-c1ncnc2cc(N3CCOCC3)ccc12. The third kappa shape index (κ3) is 3.81. The lowest BCUT2D eigenvalue weighted by atomic mass is 10.0. The Kier molecular flexibility index (Phi) is 5.16. The van der Waals surface area contributed by atoms with Gasteiger partial charge in [0.2, 0.25) is 0 Å². The van der Waals surface area contributed by atoms with Crippen LogP contribution in [-0.4, -0.2) is 46.2 Å². The number of fused-ring (bicyclic) bond motifs is 2. The standard InChI is InChI=1S/C25H20FN5OS/c26-20-4-1-16(12-23-25-21(5-10-33-25)27-14-29-23)11-19(20)24-18-3-2-17(13-22(18)28-15-30-24)31-6-8-32-9-7-31/h1-5,10-11,13-15H,6-9,12H2. The lowest BCUT2D eigenvalue weighted by molar-refractivity contribution is 0.122. The Morgan fingerprint density at radius 3 is 2.67 bits per heavy atom. The molecule has 0 bridgehead atoms. The van der Waals surface area contributed by atoms with Crippen LogP contribution in [0.4, 0.5) is 10.1 Å². The van der Waals surface area contributed by atoms with Crippen molar-refractivity contribution in [3.05, 3.63) is 77.6 Å². The minimum Gasteiger partial charge on any atom is -0.378 e. The Morgan fingerprint density at radius 2 is 1.76 bits per heavy atom. The van der Waals surface area contributed by atoms with Gasteiger partial charge < -0.3 is 9.64 Å². The monoisotopic (exact) mass is 457 g/mol. The Labute approximate surface area is 193 Å². The Hall–Kier alpha value is -3.49. The summed E-state index contributed by atoms with van der Waals surface area (Å²) < 4.78 is 21.5. The lowest BCUT2D eigenvalue weighted by Gasteiger charge is -2.29. The Bertz CT molecular complexity index is 1460. The molecule has 1 aliphatic heterocycles. The van der Waals surface area contributed by atoms with Gasteiger partial charge in [-0.1, -0.05) is 6.07 Å². The van der Waals surface area contributed by atoms with E-state index in [1.54, 1.807) is 23.7 Å². The van der Waals surface area contributed by atoms with Crippen LogP contribution in [0.3, 0.4) is 0 Å². The average molecular weight is 458 g/mol. The molecule has 33 heavy (non-hydrogen) atoms. The highest BCUT2D eigenvalue weighted by molar-refractivity contribution is 7.17. The minimum absolute atomic E-state index is 0.306. The molecule has 0 atom stereocenters. The maximum absolute atomic E-state index is 15.0. The van der Waals surface area contributed by atoms with Crippen LogP contribution >= 0.6 is 11.3 Å². The van der Waals surface area contributed by atoms with Crippen molar-refractivity contribution >= 4 is 38.1 Å². The van der Waals surface area contributed by atoms with Crippen molar-refractivity contribution in [1.29, 1.82) is 0 Å². The molecule has 0 unspecified atom stereocenters. The Balaban J connectivity index is 1.39. The summed E-state index contributed by atoms with van der Waals surface area (Å²) in [6.07, 6.45) is 3.68. The third-order valence-electron chi connectivity index (χ3n) is 5.97. The summed E-state index contributed by atoms with van der Waals surface area (Å²) in [4.78, 5) is 20.0. The maximum Gasteiger partial charge on any atom is 0.132 e. The summed E-state index contributed by atoms with van der Waals surface area (Å²) >= 11 is 1.62. The molecule has 2 aromatic carbocycles. The molecule has 0 radical (unpaired) electrons. The van der Waals surface area contributed by atoms with Crippen LogP contribution in [0.15, 0.2) is 60.5 Å². The number of benzene rings is 2. The van der Waals surface area contributed by atoms with Crippen LogP contribution in [0.1, 0.15) is 11.3 Å². The van der Waals surface area contributed by atoms with E-state index >= 15 is 0 Å². The zero-order chi connectivity index (χ0) is 22.2. The van der Waals surface area contributed by atoms with Crippen molar-refractivity contribution in [2.45, 2.75) is 6.42 Å². The van der Waals surface area contributed by atoms with Crippen molar-refractivity contribution < 1.29 is 9.13 Å². The van der Waals surface area contributed by atoms with Gasteiger partial charge in [-0.15, -0.1) is 11.3 Å². The first-order valence-corrected chi connectivity index (χ1v) is 11.7. The quantitative estimate of drug-likeness (QED) is 0.384. The predicted octanol–water partition coefficient (Wildman–Crippen LogP) is 4.87. The number of anilines is 1. The zero-order valence-corrected chi connectivity index (χ0v) is 18.6. The second-order valence-electron chi connectivity index (χ2n) is 7.97. The van der Waals surface area contributed by atoms with E-state index in [0.29, 0.717) is 17.7 Å². The molecule has 5 aromatic rings. The van der Waals surface area contributed by atoms with Gasteiger partial charge in [-0.05, 0) is 47.3 Å². The van der Waals surface area contributed by atoms with Crippen molar-refractivity contribution in [3.8, 4) is 11.3 Å². The van der Waals surface area contributed by atoms with Gasteiger partial charge >= 0.3 is 0 Å².